The van der Waals surface area contributed by atoms with Crippen LogP contribution < -0.4 is 4.90 Å². The molecule has 1 aliphatic heterocycles. The zero-order valence-corrected chi connectivity index (χ0v) is 14.1. The molecule has 1 aromatic carbocycles. The predicted octanol–water partition coefficient (Wildman–Crippen LogP) is 3.79. The third kappa shape index (κ3) is 4.24. The highest BCUT2D eigenvalue weighted by Crippen LogP contribution is 2.26. The summed E-state index contributed by atoms with van der Waals surface area (Å²) in [7, 11) is 0. The molecule has 2 rings (SSSR count). The Morgan fingerprint density at radius 2 is 1.65 bits per heavy atom. The summed E-state index contributed by atoms with van der Waals surface area (Å²) >= 11 is 5.83. The lowest BCUT2D eigenvalue weighted by Gasteiger charge is -2.18. The molecule has 1 saturated heterocycles. The molecule has 1 N–H and O–H groups in total. The van der Waals surface area contributed by atoms with Crippen molar-refractivity contribution in [2.45, 2.75) is 51.7 Å². The van der Waals surface area contributed by atoms with Crippen LogP contribution in [0.3, 0.4) is 0 Å². The Bertz CT molecular complexity index is 547. The number of carbonyl (C=O) groups is 2. The molecule has 1 heterocycles. The van der Waals surface area contributed by atoms with Gasteiger partial charge in [-0.1, -0.05) is 50.6 Å². The standard InChI is InChI=1S/C17H23ClN2O3/c1-2-3-4-5-6-7-12-19-15(21)16(22)20(17(19)23)14-10-8-13(18)9-11-14/h8-11,16,22H,2-7,12H2,1H3/t16-/m0/s1. The van der Waals surface area contributed by atoms with Crippen molar-refractivity contribution in [1.29, 1.82) is 0 Å². The van der Waals surface area contributed by atoms with Gasteiger partial charge in [0.2, 0.25) is 6.23 Å². The minimum Gasteiger partial charge on any atom is -0.365 e. The third-order valence-electron chi connectivity index (χ3n) is 4.01. The fourth-order valence-corrected chi connectivity index (χ4v) is 2.81. The summed E-state index contributed by atoms with van der Waals surface area (Å²) in [5.41, 5.74) is 0.464. The van der Waals surface area contributed by atoms with E-state index in [2.05, 4.69) is 6.92 Å². The van der Waals surface area contributed by atoms with Gasteiger partial charge in [0.1, 0.15) is 0 Å². The van der Waals surface area contributed by atoms with Gasteiger partial charge in [-0.15, -0.1) is 0 Å². The Kier molecular flexibility index (Phi) is 6.42. The van der Waals surface area contributed by atoms with Crippen molar-refractivity contribution in [2.24, 2.45) is 0 Å². The van der Waals surface area contributed by atoms with Crippen molar-refractivity contribution >= 4 is 29.2 Å². The summed E-state index contributed by atoms with van der Waals surface area (Å²) < 4.78 is 0. The van der Waals surface area contributed by atoms with E-state index in [0.29, 0.717) is 17.3 Å². The zero-order valence-electron chi connectivity index (χ0n) is 13.4. The number of rotatable bonds is 8. The van der Waals surface area contributed by atoms with Gasteiger partial charge in [-0.3, -0.25) is 14.6 Å². The lowest BCUT2D eigenvalue weighted by molar-refractivity contribution is -0.133. The van der Waals surface area contributed by atoms with E-state index in [-0.39, 0.29) is 0 Å². The number of anilines is 1. The number of aliphatic hydroxyl groups excluding tert-OH is 1. The average Bonchev–Trinajstić information content (AvgIpc) is 2.75. The number of hydrogen-bond acceptors (Lipinski definition) is 3. The number of urea groups is 1. The van der Waals surface area contributed by atoms with Gasteiger partial charge in [-0.2, -0.15) is 0 Å². The van der Waals surface area contributed by atoms with Crippen molar-refractivity contribution in [3.8, 4) is 0 Å². The molecule has 1 aromatic rings. The molecule has 1 atom stereocenters. The quantitative estimate of drug-likeness (QED) is 0.579. The van der Waals surface area contributed by atoms with E-state index in [9.17, 15) is 14.7 Å². The van der Waals surface area contributed by atoms with E-state index >= 15 is 0 Å². The molecule has 0 unspecified atom stereocenters. The fraction of sp³-hybridized carbons (Fsp3) is 0.529. The molecule has 1 aliphatic rings. The van der Waals surface area contributed by atoms with Gasteiger partial charge in [0.15, 0.2) is 0 Å². The second-order valence-electron chi connectivity index (χ2n) is 5.76. The monoisotopic (exact) mass is 338 g/mol. The molecule has 23 heavy (non-hydrogen) atoms. The summed E-state index contributed by atoms with van der Waals surface area (Å²) in [6.45, 7) is 2.51. The van der Waals surface area contributed by atoms with Crippen LogP contribution in [-0.2, 0) is 4.79 Å². The van der Waals surface area contributed by atoms with E-state index in [4.69, 9.17) is 11.6 Å². The van der Waals surface area contributed by atoms with E-state index in [1.165, 1.54) is 19.3 Å². The van der Waals surface area contributed by atoms with Crippen LogP contribution in [0, 0.1) is 0 Å². The molecule has 0 aromatic heterocycles. The fourth-order valence-electron chi connectivity index (χ4n) is 2.69. The van der Waals surface area contributed by atoms with Gasteiger partial charge in [0.05, 0.1) is 0 Å². The van der Waals surface area contributed by atoms with Gasteiger partial charge < -0.3 is 5.11 Å². The second kappa shape index (κ2) is 8.31. The molecule has 126 valence electrons. The zero-order chi connectivity index (χ0) is 16.8. The average molecular weight is 339 g/mol. The third-order valence-corrected chi connectivity index (χ3v) is 4.26. The molecule has 3 amide bonds. The summed E-state index contributed by atoms with van der Waals surface area (Å²) in [4.78, 5) is 26.8. The van der Waals surface area contributed by atoms with Crippen LogP contribution >= 0.6 is 11.6 Å². The Balaban J connectivity index is 1.94. The minimum atomic E-state index is -1.45. The maximum Gasteiger partial charge on any atom is 0.333 e. The molecular formula is C17H23ClN2O3. The van der Waals surface area contributed by atoms with E-state index < -0.39 is 18.2 Å². The van der Waals surface area contributed by atoms with Gasteiger partial charge in [0.25, 0.3) is 5.91 Å². The summed E-state index contributed by atoms with van der Waals surface area (Å²) in [6.07, 6.45) is 4.97. The van der Waals surface area contributed by atoms with Crippen LogP contribution in [0.2, 0.25) is 5.02 Å². The van der Waals surface area contributed by atoms with Crippen LogP contribution in [0.15, 0.2) is 24.3 Å². The Morgan fingerprint density at radius 3 is 2.30 bits per heavy atom. The van der Waals surface area contributed by atoms with Gasteiger partial charge in [-0.05, 0) is 30.7 Å². The van der Waals surface area contributed by atoms with E-state index in [1.54, 1.807) is 24.3 Å². The van der Waals surface area contributed by atoms with Gasteiger partial charge in [0, 0.05) is 17.3 Å². The van der Waals surface area contributed by atoms with Crippen molar-refractivity contribution in [1.82, 2.24) is 4.90 Å². The number of halogens is 1. The number of benzene rings is 1. The largest absolute Gasteiger partial charge is 0.365 e. The number of unbranched alkanes of at least 4 members (excludes halogenated alkanes) is 5. The number of nitrogens with zero attached hydrogens (tertiary/aromatic N) is 2. The second-order valence-corrected chi connectivity index (χ2v) is 6.20. The van der Waals surface area contributed by atoms with Crippen LogP contribution in [0.5, 0.6) is 0 Å². The Hall–Kier alpha value is -1.59. The molecule has 0 spiro atoms. The molecule has 0 saturated carbocycles. The summed E-state index contributed by atoms with van der Waals surface area (Å²) in [6, 6.07) is 6.00. The molecule has 1 fully saturated rings. The van der Waals surface area contributed by atoms with Crippen molar-refractivity contribution in [3.63, 3.8) is 0 Å². The first kappa shape index (κ1) is 17.8. The highest BCUT2D eigenvalue weighted by Gasteiger charge is 2.44. The van der Waals surface area contributed by atoms with Crippen LogP contribution in [0.4, 0.5) is 10.5 Å². The lowest BCUT2D eigenvalue weighted by Crippen LogP contribution is -2.35. The van der Waals surface area contributed by atoms with Crippen LogP contribution in [0.1, 0.15) is 45.4 Å². The molecule has 0 radical (unpaired) electrons. The molecule has 0 bridgehead atoms. The van der Waals surface area contributed by atoms with Crippen LogP contribution in [0.25, 0.3) is 0 Å². The SMILES string of the molecule is CCCCCCCCN1C(=O)[C@H](O)N(c2ccc(Cl)cc2)C1=O. The molecule has 0 aliphatic carbocycles. The Labute approximate surface area is 141 Å². The number of aliphatic hydroxyl groups is 1. The Morgan fingerprint density at radius 1 is 1.04 bits per heavy atom. The summed E-state index contributed by atoms with van der Waals surface area (Å²) in [5.74, 6) is -0.557. The van der Waals surface area contributed by atoms with Crippen LogP contribution in [-0.4, -0.2) is 34.7 Å². The number of amides is 3. The molecule has 5 nitrogen and oxygen atoms in total. The first-order valence-electron chi connectivity index (χ1n) is 8.14. The first-order chi connectivity index (χ1) is 11.1. The van der Waals surface area contributed by atoms with Crippen molar-refractivity contribution in [3.05, 3.63) is 29.3 Å². The number of hydrogen-bond donors (Lipinski definition) is 1. The highest BCUT2D eigenvalue weighted by molar-refractivity contribution is 6.30. The smallest absolute Gasteiger partial charge is 0.333 e. The number of carbonyl (C=O) groups excluding carboxylic acids is 2. The van der Waals surface area contributed by atoms with E-state index in [0.717, 1.165) is 29.1 Å². The minimum absolute atomic E-state index is 0.352. The maximum atomic E-state index is 12.4. The lowest BCUT2D eigenvalue weighted by atomic mass is 10.1. The predicted molar refractivity (Wildman–Crippen MR) is 90.4 cm³/mol. The van der Waals surface area contributed by atoms with Gasteiger partial charge >= 0.3 is 6.03 Å². The van der Waals surface area contributed by atoms with E-state index in [1.807, 2.05) is 0 Å². The van der Waals surface area contributed by atoms with Crippen molar-refractivity contribution in [2.75, 3.05) is 11.4 Å². The number of imide groups is 1. The normalized spacial score (nSPS) is 18.1. The van der Waals surface area contributed by atoms with Crippen molar-refractivity contribution < 1.29 is 14.7 Å². The molecule has 6 heteroatoms. The first-order valence-corrected chi connectivity index (χ1v) is 8.52. The van der Waals surface area contributed by atoms with Gasteiger partial charge in [-0.25, -0.2) is 4.79 Å². The molecular weight excluding hydrogens is 316 g/mol. The highest BCUT2D eigenvalue weighted by atomic mass is 35.5. The topological polar surface area (TPSA) is 60.9 Å². The maximum absolute atomic E-state index is 12.4. The summed E-state index contributed by atoms with van der Waals surface area (Å²) in [5, 5.41) is 10.6.